The molecule has 0 radical (unpaired) electrons. The predicted molar refractivity (Wildman–Crippen MR) is 269 cm³/mol. The molecule has 9 rings (SSSR count). The molecule has 0 amide bonds. The number of hydrogen-bond acceptors (Lipinski definition) is 11. The Morgan fingerprint density at radius 2 is 0.476 bits per heavy atom. The van der Waals surface area contributed by atoms with Crippen LogP contribution in [0.2, 0.25) is 0 Å². The molecule has 11 heteroatoms. The molecule has 0 saturated heterocycles. The van der Waals surface area contributed by atoms with Gasteiger partial charge in [-0.15, -0.1) is 0 Å². The monoisotopic (exact) mass is 922 g/mol. The fraction of sp³-hybridized carbons (Fsp3) is 0.154. The zero-order valence-electron chi connectivity index (χ0n) is 35.4. The highest BCUT2D eigenvalue weighted by Crippen LogP contribution is 2.53. The topological polar surface area (TPSA) is 43.4 Å². The number of ether oxygens (including phenoxy) is 4. The summed E-state index contributed by atoms with van der Waals surface area (Å²) in [5, 5.41) is 9.44. The second kappa shape index (κ2) is 19.7. The van der Waals surface area contributed by atoms with Gasteiger partial charge >= 0.3 is 0 Å². The molecule has 4 aromatic carbocycles. The standard InChI is InChI=1S/C52H46N2O4S5/c1-5-35-9-17-39(18-10-35)55-49-31-27-45(60-49)53(46-28-32-50(61-46)56-40-19-11-36(6-2)12-20-40)43-25-26-44(59-43)54(47-29-33-51(62-47)57-41-21-13-37(7-3)14-22-41)48-30-34-52(63-48)58-42-23-15-38(8-4)16-24-42/h9-34H,5-8H2,1-4H3. The van der Waals surface area contributed by atoms with Gasteiger partial charge in [0, 0.05) is 0 Å². The van der Waals surface area contributed by atoms with Crippen molar-refractivity contribution in [3.63, 3.8) is 0 Å². The van der Waals surface area contributed by atoms with Gasteiger partial charge < -0.3 is 18.9 Å². The van der Waals surface area contributed by atoms with E-state index in [-0.39, 0.29) is 0 Å². The van der Waals surface area contributed by atoms with Crippen LogP contribution in [0.5, 0.6) is 43.3 Å². The summed E-state index contributed by atoms with van der Waals surface area (Å²) >= 11 is 8.15. The first kappa shape index (κ1) is 42.5. The van der Waals surface area contributed by atoms with Gasteiger partial charge in [0.15, 0.2) is 20.3 Å². The van der Waals surface area contributed by atoms with Crippen molar-refractivity contribution in [1.29, 1.82) is 0 Å². The average Bonchev–Trinajstić information content (AvgIpc) is 4.20. The van der Waals surface area contributed by atoms with Crippen LogP contribution in [0.15, 0.2) is 158 Å². The fourth-order valence-corrected chi connectivity index (χ4v) is 11.8. The van der Waals surface area contributed by atoms with E-state index < -0.39 is 0 Å². The Kier molecular flexibility index (Phi) is 13.3. The summed E-state index contributed by atoms with van der Waals surface area (Å²) in [6.45, 7) is 8.64. The van der Waals surface area contributed by atoms with Crippen LogP contribution in [0.1, 0.15) is 49.9 Å². The molecule has 0 fully saturated rings. The largest absolute Gasteiger partial charge is 0.447 e. The van der Waals surface area contributed by atoms with E-state index in [1.807, 2.05) is 72.8 Å². The van der Waals surface area contributed by atoms with Crippen molar-refractivity contribution in [2.75, 3.05) is 9.80 Å². The summed E-state index contributed by atoms with van der Waals surface area (Å²) in [5.74, 6) is 3.27. The first-order valence-electron chi connectivity index (χ1n) is 21.1. The van der Waals surface area contributed by atoms with E-state index in [1.165, 1.54) is 22.3 Å². The maximum atomic E-state index is 6.40. The molecule has 0 aliphatic carbocycles. The molecule has 318 valence electrons. The number of rotatable bonds is 18. The van der Waals surface area contributed by atoms with E-state index in [4.69, 9.17) is 18.9 Å². The van der Waals surface area contributed by atoms with Crippen molar-refractivity contribution < 1.29 is 18.9 Å². The van der Waals surface area contributed by atoms with Gasteiger partial charge in [0.2, 0.25) is 0 Å². The Morgan fingerprint density at radius 1 is 0.270 bits per heavy atom. The lowest BCUT2D eigenvalue weighted by Crippen LogP contribution is -2.05. The van der Waals surface area contributed by atoms with E-state index in [2.05, 4.69) is 122 Å². The molecular weight excluding hydrogens is 877 g/mol. The summed E-state index contributed by atoms with van der Waals surface area (Å²) < 4.78 is 25.6. The highest BCUT2D eigenvalue weighted by atomic mass is 32.1. The van der Waals surface area contributed by atoms with Crippen LogP contribution in [0.25, 0.3) is 0 Å². The number of hydrogen-bond donors (Lipinski definition) is 0. The Bertz CT molecular complexity index is 2480. The minimum atomic E-state index is 0.813. The van der Waals surface area contributed by atoms with Crippen LogP contribution >= 0.6 is 56.7 Å². The number of nitrogens with zero attached hydrogens (tertiary/aromatic N) is 2. The van der Waals surface area contributed by atoms with Gasteiger partial charge in [-0.25, -0.2) is 0 Å². The number of aryl methyl sites for hydroxylation is 4. The van der Waals surface area contributed by atoms with Crippen molar-refractivity contribution in [1.82, 2.24) is 0 Å². The predicted octanol–water partition coefficient (Wildman–Crippen LogP) is 18.4. The SMILES string of the molecule is CCc1ccc(Oc2ccc(N(c3ccc(Oc4ccc(CC)cc4)s3)c3ccc(N(c4ccc(Oc5ccc(CC)cc5)s4)c4ccc(Oc5ccc(CC)cc5)s4)s3)s2)cc1. The molecule has 9 aromatic rings. The van der Waals surface area contributed by atoms with Gasteiger partial charge in [-0.05, 0) is 157 Å². The highest BCUT2D eigenvalue weighted by Gasteiger charge is 2.25. The normalized spacial score (nSPS) is 11.1. The third-order valence-electron chi connectivity index (χ3n) is 10.4. The van der Waals surface area contributed by atoms with Crippen LogP contribution in [-0.2, 0) is 25.7 Å². The Morgan fingerprint density at radius 3 is 0.698 bits per heavy atom. The molecule has 0 atom stereocenters. The fourth-order valence-electron chi connectivity index (χ4n) is 6.79. The van der Waals surface area contributed by atoms with Crippen LogP contribution in [-0.4, -0.2) is 0 Å². The van der Waals surface area contributed by atoms with Gasteiger partial charge in [0.05, 0.1) is 0 Å². The van der Waals surface area contributed by atoms with E-state index in [9.17, 15) is 0 Å². The number of anilines is 6. The maximum Gasteiger partial charge on any atom is 0.182 e. The molecule has 0 saturated carbocycles. The summed E-state index contributed by atoms with van der Waals surface area (Å²) in [5.41, 5.74) is 5.11. The van der Waals surface area contributed by atoms with Gasteiger partial charge in [0.1, 0.15) is 53.0 Å². The zero-order valence-corrected chi connectivity index (χ0v) is 39.5. The summed E-state index contributed by atoms with van der Waals surface area (Å²) in [6, 6.07) is 54.4. The smallest absolute Gasteiger partial charge is 0.182 e. The summed E-state index contributed by atoms with van der Waals surface area (Å²) in [6.07, 6.45) is 3.94. The first-order valence-corrected chi connectivity index (χ1v) is 25.2. The molecule has 6 nitrogen and oxygen atoms in total. The second-order valence-electron chi connectivity index (χ2n) is 14.6. The lowest BCUT2D eigenvalue weighted by molar-refractivity contribution is 0.496. The Hall–Kier alpha value is -5.82. The average molecular weight is 923 g/mol. The highest BCUT2D eigenvalue weighted by molar-refractivity contribution is 7.24. The van der Waals surface area contributed by atoms with Gasteiger partial charge in [-0.3, -0.25) is 9.80 Å². The van der Waals surface area contributed by atoms with Gasteiger partial charge in [-0.2, -0.15) is 0 Å². The van der Waals surface area contributed by atoms with E-state index in [1.54, 1.807) is 56.7 Å². The van der Waals surface area contributed by atoms with Crippen molar-refractivity contribution in [3.8, 4) is 43.3 Å². The van der Waals surface area contributed by atoms with Crippen LogP contribution in [0, 0.1) is 0 Å². The molecule has 5 aromatic heterocycles. The molecule has 0 N–H and O–H groups in total. The van der Waals surface area contributed by atoms with Crippen LogP contribution < -0.4 is 28.7 Å². The van der Waals surface area contributed by atoms with Crippen molar-refractivity contribution in [2.45, 2.75) is 53.4 Å². The lowest BCUT2D eigenvalue weighted by Gasteiger charge is -2.21. The van der Waals surface area contributed by atoms with Gasteiger partial charge in [-0.1, -0.05) is 133 Å². The third-order valence-corrected chi connectivity index (χ3v) is 15.2. The van der Waals surface area contributed by atoms with E-state index in [0.29, 0.717) is 0 Å². The minimum Gasteiger partial charge on any atom is -0.447 e. The molecule has 63 heavy (non-hydrogen) atoms. The summed E-state index contributed by atoms with van der Waals surface area (Å²) in [4.78, 5) is 4.60. The third kappa shape index (κ3) is 10.2. The number of thiophene rings is 5. The molecule has 0 aliphatic rings. The first-order chi connectivity index (χ1) is 30.9. The molecule has 5 heterocycles. The van der Waals surface area contributed by atoms with Crippen molar-refractivity contribution in [2.24, 2.45) is 0 Å². The Labute approximate surface area is 389 Å². The molecular formula is C52H46N2O4S5. The quantitative estimate of drug-likeness (QED) is 0.0854. The Balaban J connectivity index is 1.06. The maximum absolute atomic E-state index is 6.40. The zero-order chi connectivity index (χ0) is 43.1. The van der Waals surface area contributed by atoms with Crippen molar-refractivity contribution >= 4 is 86.7 Å². The van der Waals surface area contributed by atoms with E-state index in [0.717, 1.165) is 98.9 Å². The second-order valence-corrected chi connectivity index (χ2v) is 19.7. The molecule has 0 unspecified atom stereocenters. The minimum absolute atomic E-state index is 0.813. The summed E-state index contributed by atoms with van der Waals surface area (Å²) in [7, 11) is 0. The van der Waals surface area contributed by atoms with Gasteiger partial charge in [0.25, 0.3) is 0 Å². The van der Waals surface area contributed by atoms with Crippen molar-refractivity contribution in [3.05, 3.63) is 180 Å². The van der Waals surface area contributed by atoms with E-state index >= 15 is 0 Å². The molecule has 0 aliphatic heterocycles. The van der Waals surface area contributed by atoms with Crippen LogP contribution in [0.4, 0.5) is 30.0 Å². The molecule has 0 bridgehead atoms. The van der Waals surface area contributed by atoms with Crippen LogP contribution in [0.3, 0.4) is 0 Å². The lowest BCUT2D eigenvalue weighted by atomic mass is 10.2. The molecule has 0 spiro atoms. The number of benzene rings is 4.